The molecule has 2 aromatic rings. The van der Waals surface area contributed by atoms with Crippen molar-refractivity contribution in [2.24, 2.45) is 0 Å². The van der Waals surface area contributed by atoms with E-state index in [1.807, 2.05) is 30.3 Å². The molecule has 1 N–H and O–H groups in total. The second kappa shape index (κ2) is 8.37. The molecule has 0 bridgehead atoms. The number of methoxy groups -OCH3 is 1. The maximum Gasteiger partial charge on any atom is 0.417 e. The van der Waals surface area contributed by atoms with E-state index in [-0.39, 0.29) is 29.7 Å². The summed E-state index contributed by atoms with van der Waals surface area (Å²) in [4.78, 5) is 11.8. The fraction of sp³-hybridized carbons (Fsp3) is 0.286. The molecule has 1 saturated carbocycles. The molecule has 1 fully saturated rings. The van der Waals surface area contributed by atoms with Gasteiger partial charge in [-0.25, -0.2) is 0 Å². The van der Waals surface area contributed by atoms with Crippen LogP contribution in [-0.2, 0) is 17.6 Å². The first-order valence-electron chi connectivity index (χ1n) is 8.81. The van der Waals surface area contributed by atoms with Gasteiger partial charge >= 0.3 is 6.18 Å². The molecule has 1 aliphatic carbocycles. The lowest BCUT2D eigenvalue weighted by molar-refractivity contribution is -0.137. The molecule has 28 heavy (non-hydrogen) atoms. The number of carbonyl (C=O) groups excluding carboxylic acids is 1. The summed E-state index contributed by atoms with van der Waals surface area (Å²) in [6.45, 7) is 0.174. The van der Waals surface area contributed by atoms with E-state index < -0.39 is 17.6 Å². The Balaban J connectivity index is 1.88. The summed E-state index contributed by atoms with van der Waals surface area (Å²) in [6.07, 6.45) is -0.551. The largest absolute Gasteiger partial charge is 0.493 e. The van der Waals surface area contributed by atoms with Crippen LogP contribution in [0.15, 0.2) is 48.5 Å². The summed E-state index contributed by atoms with van der Waals surface area (Å²) < 4.78 is 51.1. The van der Waals surface area contributed by atoms with Crippen molar-refractivity contribution in [1.29, 1.82) is 0 Å². The van der Waals surface area contributed by atoms with E-state index >= 15 is 0 Å². The van der Waals surface area contributed by atoms with Gasteiger partial charge in [0.1, 0.15) is 6.61 Å². The molecule has 1 aliphatic rings. The fourth-order valence-corrected chi connectivity index (χ4v) is 2.61. The lowest BCUT2D eigenvalue weighted by Gasteiger charge is -2.16. The quantitative estimate of drug-likeness (QED) is 0.703. The van der Waals surface area contributed by atoms with E-state index in [0.717, 1.165) is 36.6 Å². The standard InChI is InChI=1S/C21H20F3NO3/c1-27-18-12-17(21(22,23)24)15(7-10-20(26)25-16-8-9-16)11-19(18)28-13-14-5-3-2-4-6-14/h2-7,10-12,16H,8-9,13H2,1H3,(H,25,26). The van der Waals surface area contributed by atoms with Gasteiger partial charge in [0.05, 0.1) is 12.7 Å². The highest BCUT2D eigenvalue weighted by molar-refractivity contribution is 5.92. The van der Waals surface area contributed by atoms with Crippen LogP contribution in [0, 0.1) is 0 Å². The first-order valence-corrected chi connectivity index (χ1v) is 8.81. The first-order chi connectivity index (χ1) is 13.4. The van der Waals surface area contributed by atoms with Gasteiger partial charge in [0.25, 0.3) is 0 Å². The van der Waals surface area contributed by atoms with Gasteiger partial charge < -0.3 is 14.8 Å². The molecule has 0 spiro atoms. The zero-order valence-corrected chi connectivity index (χ0v) is 15.3. The molecule has 7 heteroatoms. The van der Waals surface area contributed by atoms with Crippen molar-refractivity contribution in [3.8, 4) is 11.5 Å². The minimum absolute atomic E-state index is 0.0251. The van der Waals surface area contributed by atoms with Crippen molar-refractivity contribution in [2.45, 2.75) is 31.7 Å². The van der Waals surface area contributed by atoms with E-state index in [1.54, 1.807) is 0 Å². The smallest absolute Gasteiger partial charge is 0.417 e. The Morgan fingerprint density at radius 3 is 2.50 bits per heavy atom. The second-order valence-corrected chi connectivity index (χ2v) is 6.48. The number of hydrogen-bond donors (Lipinski definition) is 1. The van der Waals surface area contributed by atoms with Crippen LogP contribution in [0.25, 0.3) is 6.08 Å². The Labute approximate surface area is 161 Å². The molecular weight excluding hydrogens is 371 g/mol. The molecule has 0 aromatic heterocycles. The number of hydrogen-bond acceptors (Lipinski definition) is 3. The zero-order valence-electron chi connectivity index (χ0n) is 15.3. The Hall–Kier alpha value is -2.96. The topological polar surface area (TPSA) is 47.6 Å². The Morgan fingerprint density at radius 1 is 1.18 bits per heavy atom. The molecule has 3 rings (SSSR count). The molecule has 0 heterocycles. The summed E-state index contributed by atoms with van der Waals surface area (Å²) in [7, 11) is 1.28. The van der Waals surface area contributed by atoms with E-state index in [2.05, 4.69) is 5.32 Å². The summed E-state index contributed by atoms with van der Waals surface area (Å²) in [5, 5.41) is 2.70. The number of carbonyl (C=O) groups is 1. The zero-order chi connectivity index (χ0) is 20.1. The van der Waals surface area contributed by atoms with Crippen LogP contribution in [0.3, 0.4) is 0 Å². The van der Waals surface area contributed by atoms with Gasteiger partial charge in [0, 0.05) is 12.1 Å². The van der Waals surface area contributed by atoms with Gasteiger partial charge in [0.2, 0.25) is 5.91 Å². The normalized spacial score (nSPS) is 14.1. The van der Waals surface area contributed by atoms with Crippen LogP contribution < -0.4 is 14.8 Å². The van der Waals surface area contributed by atoms with Crippen LogP contribution in [0.5, 0.6) is 11.5 Å². The predicted molar refractivity (Wildman–Crippen MR) is 99.0 cm³/mol. The van der Waals surface area contributed by atoms with Crippen LogP contribution in [0.2, 0.25) is 0 Å². The average molecular weight is 391 g/mol. The third kappa shape index (κ3) is 5.28. The average Bonchev–Trinajstić information content (AvgIpc) is 3.48. The monoisotopic (exact) mass is 391 g/mol. The van der Waals surface area contributed by atoms with Crippen molar-refractivity contribution in [3.05, 3.63) is 65.2 Å². The predicted octanol–water partition coefficient (Wildman–Crippen LogP) is 4.58. The number of ether oxygens (including phenoxy) is 2. The molecule has 0 atom stereocenters. The van der Waals surface area contributed by atoms with Gasteiger partial charge in [-0.05, 0) is 42.2 Å². The van der Waals surface area contributed by atoms with Crippen molar-refractivity contribution < 1.29 is 27.4 Å². The maximum absolute atomic E-state index is 13.5. The fourth-order valence-electron chi connectivity index (χ4n) is 2.61. The Bertz CT molecular complexity index is 859. The molecule has 1 amide bonds. The van der Waals surface area contributed by atoms with E-state index in [0.29, 0.717) is 0 Å². The summed E-state index contributed by atoms with van der Waals surface area (Å²) in [6, 6.07) is 11.5. The SMILES string of the molecule is COc1cc(C(F)(F)F)c(C=CC(=O)NC2CC2)cc1OCc1ccccc1. The van der Waals surface area contributed by atoms with Crippen molar-refractivity contribution in [3.63, 3.8) is 0 Å². The second-order valence-electron chi connectivity index (χ2n) is 6.48. The number of halogens is 3. The Kier molecular flexibility index (Phi) is 5.92. The number of rotatable bonds is 7. The molecule has 0 aliphatic heterocycles. The van der Waals surface area contributed by atoms with Gasteiger partial charge in [-0.15, -0.1) is 0 Å². The van der Waals surface area contributed by atoms with Gasteiger partial charge in [-0.3, -0.25) is 4.79 Å². The number of nitrogens with one attached hydrogen (secondary N) is 1. The first kappa shape index (κ1) is 19.8. The van der Waals surface area contributed by atoms with Gasteiger partial charge in [-0.2, -0.15) is 13.2 Å². The van der Waals surface area contributed by atoms with Crippen LogP contribution in [0.4, 0.5) is 13.2 Å². The van der Waals surface area contributed by atoms with E-state index in [9.17, 15) is 18.0 Å². The van der Waals surface area contributed by atoms with Gasteiger partial charge in [-0.1, -0.05) is 30.3 Å². The number of benzene rings is 2. The highest BCUT2D eigenvalue weighted by Gasteiger charge is 2.34. The van der Waals surface area contributed by atoms with E-state index in [1.165, 1.54) is 13.2 Å². The van der Waals surface area contributed by atoms with Gasteiger partial charge in [0.15, 0.2) is 11.5 Å². The molecule has 4 nitrogen and oxygen atoms in total. The molecule has 2 aromatic carbocycles. The lowest BCUT2D eigenvalue weighted by atomic mass is 10.0. The minimum Gasteiger partial charge on any atom is -0.493 e. The van der Waals surface area contributed by atoms with Crippen molar-refractivity contribution >= 4 is 12.0 Å². The van der Waals surface area contributed by atoms with Crippen LogP contribution in [0.1, 0.15) is 29.5 Å². The molecule has 0 radical (unpaired) electrons. The maximum atomic E-state index is 13.5. The van der Waals surface area contributed by atoms with Crippen LogP contribution >= 0.6 is 0 Å². The van der Waals surface area contributed by atoms with Crippen molar-refractivity contribution in [2.75, 3.05) is 7.11 Å². The molecular formula is C21H20F3NO3. The third-order valence-electron chi connectivity index (χ3n) is 4.22. The van der Waals surface area contributed by atoms with Crippen molar-refractivity contribution in [1.82, 2.24) is 5.32 Å². The van der Waals surface area contributed by atoms with E-state index in [4.69, 9.17) is 9.47 Å². The highest BCUT2D eigenvalue weighted by atomic mass is 19.4. The summed E-state index contributed by atoms with van der Waals surface area (Å²) in [5.74, 6) is -0.275. The lowest BCUT2D eigenvalue weighted by Crippen LogP contribution is -2.22. The summed E-state index contributed by atoms with van der Waals surface area (Å²) >= 11 is 0. The highest BCUT2D eigenvalue weighted by Crippen LogP contribution is 2.40. The Morgan fingerprint density at radius 2 is 1.89 bits per heavy atom. The number of amides is 1. The van der Waals surface area contributed by atoms with Crippen LogP contribution in [-0.4, -0.2) is 19.1 Å². The molecule has 148 valence electrons. The third-order valence-corrected chi connectivity index (χ3v) is 4.22. The number of alkyl halides is 3. The minimum atomic E-state index is -4.60. The molecule has 0 unspecified atom stereocenters. The molecule has 0 saturated heterocycles. The summed E-state index contributed by atoms with van der Waals surface area (Å²) in [5.41, 5.74) is -0.195.